The fraction of sp³-hybridized carbons (Fsp3) is 0.550. The molecule has 2 N–H and O–H groups in total. The van der Waals surface area contributed by atoms with Crippen LogP contribution in [0.4, 0.5) is 0 Å². The predicted octanol–water partition coefficient (Wildman–Crippen LogP) is 8.12. The number of benzene rings is 3. The summed E-state index contributed by atoms with van der Waals surface area (Å²) < 4.78 is 24.4. The molecule has 0 aliphatic heterocycles. The fourth-order valence-corrected chi connectivity index (χ4v) is 6.77. The first-order valence-electron chi connectivity index (χ1n) is 17.7. The van der Waals surface area contributed by atoms with E-state index in [1.807, 2.05) is 83.1 Å². The van der Waals surface area contributed by atoms with Crippen LogP contribution in [-0.4, -0.2) is 63.3 Å². The van der Waals surface area contributed by atoms with Gasteiger partial charge in [0.2, 0.25) is 11.8 Å². The Morgan fingerprint density at radius 3 is 2.02 bits per heavy atom. The van der Waals surface area contributed by atoms with E-state index in [0.717, 1.165) is 27.6 Å². The van der Waals surface area contributed by atoms with Gasteiger partial charge in [0, 0.05) is 26.4 Å². The Hall–Kier alpha value is -3.24. The Kier molecular flexibility index (Phi) is 14.4. The van der Waals surface area contributed by atoms with E-state index in [4.69, 9.17) is 24.4 Å². The lowest BCUT2D eigenvalue weighted by molar-refractivity contribution is -0.163. The van der Waals surface area contributed by atoms with Crippen molar-refractivity contribution in [2.75, 3.05) is 26.4 Å². The number of carbonyl (C=O) groups is 2. The molecule has 0 saturated carbocycles. The Morgan fingerprint density at radius 2 is 1.45 bits per heavy atom. The van der Waals surface area contributed by atoms with Crippen molar-refractivity contribution in [2.24, 2.45) is 17.6 Å². The number of hydrogen-bond acceptors (Lipinski definition) is 6. The molecule has 0 aliphatic carbocycles. The molecule has 0 spiro atoms. The summed E-state index contributed by atoms with van der Waals surface area (Å²) in [6.45, 7) is 22.5. The van der Waals surface area contributed by atoms with E-state index >= 15 is 4.79 Å². The molecule has 9 heteroatoms. The highest BCUT2D eigenvalue weighted by Gasteiger charge is 2.39. The molecule has 3 aromatic rings. The lowest BCUT2D eigenvalue weighted by atomic mass is 9.83. The van der Waals surface area contributed by atoms with Crippen molar-refractivity contribution in [1.29, 1.82) is 0 Å². The lowest BCUT2D eigenvalue weighted by Gasteiger charge is -2.37. The van der Waals surface area contributed by atoms with Gasteiger partial charge in [0.15, 0.2) is 14.6 Å². The highest BCUT2D eigenvalue weighted by Crippen LogP contribution is 2.37. The largest absolute Gasteiger partial charge is 0.488 e. The van der Waals surface area contributed by atoms with Gasteiger partial charge in [-0.1, -0.05) is 75.4 Å². The van der Waals surface area contributed by atoms with Gasteiger partial charge >= 0.3 is 0 Å². The van der Waals surface area contributed by atoms with Gasteiger partial charge in [-0.25, -0.2) is 0 Å². The van der Waals surface area contributed by atoms with Crippen LogP contribution in [-0.2, 0) is 36.5 Å². The molecule has 0 aliphatic rings. The van der Waals surface area contributed by atoms with Crippen molar-refractivity contribution in [1.82, 2.24) is 4.90 Å². The molecule has 0 radical (unpaired) electrons. The summed E-state index contributed by atoms with van der Waals surface area (Å²) >= 11 is 0. The molecule has 0 fully saturated rings. The molecule has 0 bridgehead atoms. The van der Waals surface area contributed by atoms with Crippen LogP contribution >= 0.6 is 0 Å². The Bertz CT molecular complexity index is 1480. The predicted molar refractivity (Wildman–Crippen MR) is 201 cm³/mol. The van der Waals surface area contributed by atoms with Gasteiger partial charge in [-0.3, -0.25) is 9.59 Å². The minimum absolute atomic E-state index is 0.00410. The number of rotatable bonds is 18. The molecule has 0 aromatic heterocycles. The maximum Gasteiger partial charge on any atom is 0.227 e. The Labute approximate surface area is 295 Å². The van der Waals surface area contributed by atoms with E-state index in [1.165, 1.54) is 0 Å². The molecule has 3 rings (SSSR count). The molecular weight excluding hydrogens is 633 g/mol. The number of carbonyl (C=O) groups excluding carboxylic acids is 2. The van der Waals surface area contributed by atoms with Gasteiger partial charge in [0.05, 0.1) is 18.4 Å². The maximum atomic E-state index is 15.0. The lowest BCUT2D eigenvalue weighted by Crippen LogP contribution is -2.47. The van der Waals surface area contributed by atoms with Crippen LogP contribution in [0.1, 0.15) is 72.9 Å². The summed E-state index contributed by atoms with van der Waals surface area (Å²) in [6.07, 6.45) is 0.0335. The maximum absolute atomic E-state index is 15.0. The molecule has 2 atom stereocenters. The minimum atomic E-state index is -2.10. The highest BCUT2D eigenvalue weighted by molar-refractivity contribution is 6.74. The van der Waals surface area contributed by atoms with Gasteiger partial charge in [-0.05, 0) is 99.6 Å². The molecule has 3 aromatic carbocycles. The molecule has 0 heterocycles. The molecule has 0 saturated heterocycles. The minimum Gasteiger partial charge on any atom is -0.488 e. The van der Waals surface area contributed by atoms with Gasteiger partial charge < -0.3 is 29.3 Å². The fourth-order valence-electron chi connectivity index (χ4n) is 5.71. The number of nitrogens with zero attached hydrogens (tertiary/aromatic N) is 1. The summed E-state index contributed by atoms with van der Waals surface area (Å²) in [6, 6.07) is 22.0. The number of hydrogen-bond donors (Lipinski definition) is 1. The van der Waals surface area contributed by atoms with Crippen LogP contribution in [0.2, 0.25) is 18.1 Å². The normalized spacial score (nSPS) is 13.8. The zero-order valence-corrected chi connectivity index (χ0v) is 32.5. The van der Waals surface area contributed by atoms with Crippen LogP contribution in [0, 0.1) is 11.8 Å². The van der Waals surface area contributed by atoms with Crippen molar-refractivity contribution in [3.63, 3.8) is 0 Å². The van der Waals surface area contributed by atoms with E-state index in [-0.39, 0.29) is 23.1 Å². The first-order valence-corrected chi connectivity index (χ1v) is 20.6. The third kappa shape index (κ3) is 11.9. The summed E-state index contributed by atoms with van der Waals surface area (Å²) in [5.41, 5.74) is 7.72. The number of primary amides is 1. The third-order valence-corrected chi connectivity index (χ3v) is 13.8. The first kappa shape index (κ1) is 40.2. The number of ether oxygens (including phenoxy) is 3. The number of fused-ring (bicyclic) bond motifs is 1. The van der Waals surface area contributed by atoms with E-state index in [1.54, 1.807) is 4.90 Å². The monoisotopic (exact) mass is 692 g/mol. The van der Waals surface area contributed by atoms with Crippen LogP contribution in [0.5, 0.6) is 5.75 Å². The van der Waals surface area contributed by atoms with Crippen molar-refractivity contribution in [3.05, 3.63) is 77.9 Å². The van der Waals surface area contributed by atoms with Gasteiger partial charge in [-0.2, -0.15) is 0 Å². The third-order valence-electron chi connectivity index (χ3n) is 9.30. The first-order chi connectivity index (χ1) is 23.0. The van der Waals surface area contributed by atoms with E-state index < -0.39 is 32.4 Å². The second kappa shape index (κ2) is 17.6. The molecule has 2 amide bonds. The second-order valence-corrected chi connectivity index (χ2v) is 20.1. The SMILES string of the molecule is CCOC(CN(Cc1cccc2ccccc12)C(=O)[C@@H](Cc1ccc(OC(C)(C)C)cc1)C(CCO[Si](C)(C)C(C)(C)C)C(N)=O)OCC. The summed E-state index contributed by atoms with van der Waals surface area (Å²) in [5.74, 6) is -1.45. The van der Waals surface area contributed by atoms with E-state index in [0.29, 0.717) is 39.2 Å². The Balaban J connectivity index is 2.06. The average molecular weight is 693 g/mol. The van der Waals surface area contributed by atoms with E-state index in [9.17, 15) is 4.79 Å². The molecule has 49 heavy (non-hydrogen) atoms. The smallest absolute Gasteiger partial charge is 0.227 e. The van der Waals surface area contributed by atoms with Gasteiger partial charge in [0.1, 0.15) is 11.4 Å². The van der Waals surface area contributed by atoms with Gasteiger partial charge in [0.25, 0.3) is 0 Å². The zero-order chi connectivity index (χ0) is 36.4. The molecular formula is C40H60N2O6Si. The average Bonchev–Trinajstić information content (AvgIpc) is 3.01. The topological polar surface area (TPSA) is 100 Å². The quantitative estimate of drug-likeness (QED) is 0.107. The van der Waals surface area contributed by atoms with Crippen LogP contribution in [0.25, 0.3) is 10.8 Å². The summed E-state index contributed by atoms with van der Waals surface area (Å²) in [7, 11) is -2.10. The van der Waals surface area contributed by atoms with Crippen LogP contribution < -0.4 is 10.5 Å². The number of nitrogens with two attached hydrogens (primary N) is 1. The molecule has 8 nitrogen and oxygen atoms in total. The molecule has 270 valence electrons. The number of amides is 2. The van der Waals surface area contributed by atoms with Crippen molar-refractivity contribution in [3.8, 4) is 5.75 Å². The Morgan fingerprint density at radius 1 is 0.837 bits per heavy atom. The van der Waals surface area contributed by atoms with Crippen molar-refractivity contribution >= 4 is 30.9 Å². The summed E-state index contributed by atoms with van der Waals surface area (Å²) in [4.78, 5) is 30.1. The summed E-state index contributed by atoms with van der Waals surface area (Å²) in [5, 5.41) is 2.15. The molecule has 1 unspecified atom stereocenters. The van der Waals surface area contributed by atoms with Crippen molar-refractivity contribution in [2.45, 2.75) is 105 Å². The highest BCUT2D eigenvalue weighted by atomic mass is 28.4. The van der Waals surface area contributed by atoms with Crippen LogP contribution in [0.15, 0.2) is 66.7 Å². The van der Waals surface area contributed by atoms with E-state index in [2.05, 4.69) is 52.1 Å². The van der Waals surface area contributed by atoms with Crippen LogP contribution in [0.3, 0.4) is 0 Å². The zero-order valence-electron chi connectivity index (χ0n) is 31.5. The van der Waals surface area contributed by atoms with Crippen molar-refractivity contribution < 1.29 is 28.2 Å². The second-order valence-electron chi connectivity index (χ2n) is 15.3. The standard InChI is InChI=1S/C40H60N2O6Si/c1-11-45-36(46-12-2)28-42(27-31-18-15-17-30-16-13-14-19-33(30)31)38(44)35(26-29-20-22-32(23-21-29)48-39(3,4)5)34(37(41)43)24-25-47-49(9,10)40(6,7)8/h13-23,34-36H,11-12,24-28H2,1-10H3,(H2,41,43)/t34?,35-/m0/s1. The van der Waals surface area contributed by atoms with Gasteiger partial charge in [-0.15, -0.1) is 0 Å².